The van der Waals surface area contributed by atoms with Gasteiger partial charge in [0.15, 0.2) is 0 Å². The van der Waals surface area contributed by atoms with Gasteiger partial charge in [-0.05, 0) is 24.0 Å². The van der Waals surface area contributed by atoms with E-state index in [4.69, 9.17) is 9.84 Å². The highest BCUT2D eigenvalue weighted by molar-refractivity contribution is 5.73. The SMILES string of the molecule is O=C(NCc1cccc(CO)c1)NCC1CCCO1. The van der Waals surface area contributed by atoms with Gasteiger partial charge in [-0.1, -0.05) is 24.3 Å². The minimum atomic E-state index is -0.190. The van der Waals surface area contributed by atoms with Gasteiger partial charge in [0.2, 0.25) is 0 Å². The molecule has 1 aliphatic rings. The molecule has 1 aliphatic heterocycles. The van der Waals surface area contributed by atoms with Crippen molar-refractivity contribution in [2.75, 3.05) is 13.2 Å². The van der Waals surface area contributed by atoms with Crippen LogP contribution < -0.4 is 10.6 Å². The van der Waals surface area contributed by atoms with Gasteiger partial charge in [-0.2, -0.15) is 0 Å². The first-order valence-electron chi connectivity index (χ1n) is 6.60. The number of carbonyl (C=O) groups excluding carboxylic acids is 1. The number of aliphatic hydroxyl groups excluding tert-OH is 1. The summed E-state index contributed by atoms with van der Waals surface area (Å²) in [6, 6.07) is 7.32. The molecule has 1 fully saturated rings. The molecule has 1 aromatic carbocycles. The maximum absolute atomic E-state index is 11.6. The first kappa shape index (κ1) is 13.8. The van der Waals surface area contributed by atoms with Crippen LogP contribution in [0.4, 0.5) is 4.79 Å². The molecule has 0 spiro atoms. The monoisotopic (exact) mass is 264 g/mol. The summed E-state index contributed by atoms with van der Waals surface area (Å²) in [4.78, 5) is 11.6. The lowest BCUT2D eigenvalue weighted by molar-refractivity contribution is 0.111. The van der Waals surface area contributed by atoms with Crippen molar-refractivity contribution in [3.05, 3.63) is 35.4 Å². The summed E-state index contributed by atoms with van der Waals surface area (Å²) in [6.45, 7) is 1.81. The highest BCUT2D eigenvalue weighted by atomic mass is 16.5. The molecule has 2 rings (SSSR count). The maximum Gasteiger partial charge on any atom is 0.315 e. The standard InChI is InChI=1S/C14H20N2O3/c17-10-12-4-1-3-11(7-12)8-15-14(18)16-9-13-5-2-6-19-13/h1,3-4,7,13,17H,2,5-6,8-10H2,(H2,15,16,18). The number of benzene rings is 1. The molecule has 0 aliphatic carbocycles. The van der Waals surface area contributed by atoms with Gasteiger partial charge >= 0.3 is 6.03 Å². The zero-order valence-corrected chi connectivity index (χ0v) is 10.9. The molecule has 0 aromatic heterocycles. The van der Waals surface area contributed by atoms with Crippen LogP contribution in [-0.2, 0) is 17.9 Å². The van der Waals surface area contributed by atoms with Crippen LogP contribution in [0.2, 0.25) is 0 Å². The van der Waals surface area contributed by atoms with Crippen molar-refractivity contribution < 1.29 is 14.6 Å². The molecule has 3 N–H and O–H groups in total. The predicted octanol–water partition coefficient (Wildman–Crippen LogP) is 1.16. The van der Waals surface area contributed by atoms with Crippen LogP contribution in [0.5, 0.6) is 0 Å². The Kier molecular flexibility index (Phi) is 5.18. The first-order chi connectivity index (χ1) is 9.28. The average molecular weight is 264 g/mol. The Morgan fingerprint density at radius 3 is 2.95 bits per heavy atom. The molecule has 104 valence electrons. The second-order valence-corrected chi connectivity index (χ2v) is 4.68. The molecule has 0 radical (unpaired) electrons. The zero-order chi connectivity index (χ0) is 13.5. The molecule has 0 bridgehead atoms. The number of amides is 2. The van der Waals surface area contributed by atoms with Crippen LogP contribution in [-0.4, -0.2) is 30.4 Å². The van der Waals surface area contributed by atoms with Gasteiger partial charge in [0.25, 0.3) is 0 Å². The summed E-state index contributed by atoms with van der Waals surface area (Å²) in [5.41, 5.74) is 1.82. The molecule has 5 heteroatoms. The Balaban J connectivity index is 1.70. The van der Waals surface area contributed by atoms with E-state index in [0.717, 1.165) is 30.6 Å². The molecule has 1 atom stereocenters. The van der Waals surface area contributed by atoms with Gasteiger partial charge in [0, 0.05) is 19.7 Å². The van der Waals surface area contributed by atoms with Gasteiger partial charge in [-0.25, -0.2) is 4.79 Å². The minimum Gasteiger partial charge on any atom is -0.392 e. The largest absolute Gasteiger partial charge is 0.392 e. The van der Waals surface area contributed by atoms with Gasteiger partial charge in [-0.15, -0.1) is 0 Å². The Labute approximate surface area is 113 Å². The average Bonchev–Trinajstić information content (AvgIpc) is 2.96. The van der Waals surface area contributed by atoms with Crippen LogP contribution in [0.1, 0.15) is 24.0 Å². The number of nitrogens with one attached hydrogen (secondary N) is 2. The van der Waals surface area contributed by atoms with Crippen LogP contribution in [0, 0.1) is 0 Å². The van der Waals surface area contributed by atoms with E-state index in [2.05, 4.69) is 10.6 Å². The third-order valence-electron chi connectivity index (χ3n) is 3.14. The number of carbonyl (C=O) groups is 1. The smallest absolute Gasteiger partial charge is 0.315 e. The molecule has 1 unspecified atom stereocenters. The highest BCUT2D eigenvalue weighted by Gasteiger charge is 2.15. The van der Waals surface area contributed by atoms with E-state index in [-0.39, 0.29) is 18.7 Å². The van der Waals surface area contributed by atoms with E-state index in [1.54, 1.807) is 0 Å². The fourth-order valence-corrected chi connectivity index (χ4v) is 2.09. The summed E-state index contributed by atoms with van der Waals surface area (Å²) in [6.07, 6.45) is 2.24. The van der Waals surface area contributed by atoms with Gasteiger partial charge in [0.1, 0.15) is 0 Å². The van der Waals surface area contributed by atoms with Crippen molar-refractivity contribution in [1.29, 1.82) is 0 Å². The second kappa shape index (κ2) is 7.11. The minimum absolute atomic E-state index is 0.0130. The fraction of sp³-hybridized carbons (Fsp3) is 0.500. The number of rotatable bonds is 5. The van der Waals surface area contributed by atoms with E-state index in [0.29, 0.717) is 13.1 Å². The van der Waals surface area contributed by atoms with Gasteiger partial charge in [-0.3, -0.25) is 0 Å². The molecular formula is C14H20N2O3. The lowest BCUT2D eigenvalue weighted by Crippen LogP contribution is -2.39. The van der Waals surface area contributed by atoms with Crippen LogP contribution in [0.15, 0.2) is 24.3 Å². The lowest BCUT2D eigenvalue weighted by atomic mass is 10.1. The molecule has 2 amide bonds. The van der Waals surface area contributed by atoms with E-state index in [9.17, 15) is 4.79 Å². The van der Waals surface area contributed by atoms with Crippen molar-refractivity contribution in [1.82, 2.24) is 10.6 Å². The summed E-state index contributed by atoms with van der Waals surface area (Å²) in [7, 11) is 0. The number of hydrogen-bond donors (Lipinski definition) is 3. The zero-order valence-electron chi connectivity index (χ0n) is 10.9. The Morgan fingerprint density at radius 1 is 1.37 bits per heavy atom. The number of ether oxygens (including phenoxy) is 1. The molecule has 19 heavy (non-hydrogen) atoms. The maximum atomic E-state index is 11.6. The quantitative estimate of drug-likeness (QED) is 0.747. The second-order valence-electron chi connectivity index (χ2n) is 4.68. The van der Waals surface area contributed by atoms with Crippen molar-refractivity contribution in [2.45, 2.75) is 32.1 Å². The van der Waals surface area contributed by atoms with E-state index in [1.165, 1.54) is 0 Å². The molecular weight excluding hydrogens is 244 g/mol. The van der Waals surface area contributed by atoms with E-state index >= 15 is 0 Å². The van der Waals surface area contributed by atoms with Crippen molar-refractivity contribution >= 4 is 6.03 Å². The molecule has 1 saturated heterocycles. The molecule has 0 saturated carbocycles. The van der Waals surface area contributed by atoms with Crippen molar-refractivity contribution in [2.24, 2.45) is 0 Å². The summed E-state index contributed by atoms with van der Waals surface area (Å²) < 4.78 is 5.43. The Bertz CT molecular complexity index is 417. The summed E-state index contributed by atoms with van der Waals surface area (Å²) >= 11 is 0. The normalized spacial score (nSPS) is 18.3. The third-order valence-corrected chi connectivity index (χ3v) is 3.14. The fourth-order valence-electron chi connectivity index (χ4n) is 2.09. The third kappa shape index (κ3) is 4.54. The van der Waals surface area contributed by atoms with Crippen LogP contribution in [0.3, 0.4) is 0 Å². The Hall–Kier alpha value is -1.59. The predicted molar refractivity (Wildman–Crippen MR) is 71.6 cm³/mol. The lowest BCUT2D eigenvalue weighted by Gasteiger charge is -2.12. The number of aliphatic hydroxyl groups is 1. The Morgan fingerprint density at radius 2 is 2.21 bits per heavy atom. The number of hydrogen-bond acceptors (Lipinski definition) is 3. The van der Waals surface area contributed by atoms with E-state index < -0.39 is 0 Å². The highest BCUT2D eigenvalue weighted by Crippen LogP contribution is 2.10. The van der Waals surface area contributed by atoms with Crippen molar-refractivity contribution in [3.63, 3.8) is 0 Å². The van der Waals surface area contributed by atoms with Crippen LogP contribution in [0.25, 0.3) is 0 Å². The van der Waals surface area contributed by atoms with Crippen LogP contribution >= 0.6 is 0 Å². The topological polar surface area (TPSA) is 70.6 Å². The first-order valence-corrected chi connectivity index (χ1v) is 6.60. The molecule has 5 nitrogen and oxygen atoms in total. The number of urea groups is 1. The van der Waals surface area contributed by atoms with Crippen molar-refractivity contribution in [3.8, 4) is 0 Å². The summed E-state index contributed by atoms with van der Waals surface area (Å²) in [5.74, 6) is 0. The van der Waals surface area contributed by atoms with Gasteiger partial charge in [0.05, 0.1) is 12.7 Å². The molecule has 1 heterocycles. The van der Waals surface area contributed by atoms with Gasteiger partial charge < -0.3 is 20.5 Å². The van der Waals surface area contributed by atoms with E-state index in [1.807, 2.05) is 24.3 Å². The molecule has 1 aromatic rings. The summed E-state index contributed by atoms with van der Waals surface area (Å²) in [5, 5.41) is 14.6.